The maximum atomic E-state index is 5.80. The van der Waals surface area contributed by atoms with Crippen molar-refractivity contribution in [3.8, 4) is 0 Å². The van der Waals surface area contributed by atoms with Crippen LogP contribution in [0.5, 0.6) is 0 Å². The van der Waals surface area contributed by atoms with Gasteiger partial charge in [-0.25, -0.2) is 4.98 Å². The minimum atomic E-state index is 0.330. The third kappa shape index (κ3) is 4.66. The van der Waals surface area contributed by atoms with E-state index in [2.05, 4.69) is 46.8 Å². The summed E-state index contributed by atoms with van der Waals surface area (Å²) < 4.78 is 11.4. The highest BCUT2D eigenvalue weighted by atomic mass is 16.5. The summed E-state index contributed by atoms with van der Waals surface area (Å²) in [7, 11) is 0. The zero-order valence-electron chi connectivity index (χ0n) is 14.4. The van der Waals surface area contributed by atoms with Gasteiger partial charge in [0.15, 0.2) is 0 Å². The molecule has 5 nitrogen and oxygen atoms in total. The zero-order chi connectivity index (χ0) is 16.1. The number of pyridine rings is 1. The summed E-state index contributed by atoms with van der Waals surface area (Å²) in [5, 5.41) is 0. The summed E-state index contributed by atoms with van der Waals surface area (Å²) in [6.45, 7) is 10.9. The SMILES string of the molecule is Cc1cccc(N2CCN(CCOCC3CCCO3)C(C)C2)n1. The van der Waals surface area contributed by atoms with Crippen molar-refractivity contribution in [1.82, 2.24) is 9.88 Å². The molecule has 2 aliphatic heterocycles. The van der Waals surface area contributed by atoms with Crippen molar-refractivity contribution in [1.29, 1.82) is 0 Å². The van der Waals surface area contributed by atoms with Gasteiger partial charge in [-0.05, 0) is 38.8 Å². The lowest BCUT2D eigenvalue weighted by molar-refractivity contribution is 0.00680. The predicted molar refractivity (Wildman–Crippen MR) is 92.0 cm³/mol. The van der Waals surface area contributed by atoms with Crippen LogP contribution in [0.25, 0.3) is 0 Å². The quantitative estimate of drug-likeness (QED) is 0.751. The molecule has 2 atom stereocenters. The van der Waals surface area contributed by atoms with E-state index in [9.17, 15) is 0 Å². The highest BCUT2D eigenvalue weighted by Crippen LogP contribution is 2.17. The van der Waals surface area contributed by atoms with E-state index in [1.807, 2.05) is 0 Å². The van der Waals surface area contributed by atoms with Crippen LogP contribution in [0.1, 0.15) is 25.5 Å². The first kappa shape index (κ1) is 16.7. The number of piperazine rings is 1. The fraction of sp³-hybridized carbons (Fsp3) is 0.722. The van der Waals surface area contributed by atoms with Gasteiger partial charge < -0.3 is 14.4 Å². The maximum absolute atomic E-state index is 5.80. The number of nitrogens with zero attached hydrogens (tertiary/aromatic N) is 3. The highest BCUT2D eigenvalue weighted by Gasteiger charge is 2.24. The van der Waals surface area contributed by atoms with E-state index >= 15 is 0 Å². The van der Waals surface area contributed by atoms with Gasteiger partial charge in [-0.15, -0.1) is 0 Å². The minimum absolute atomic E-state index is 0.330. The van der Waals surface area contributed by atoms with Gasteiger partial charge in [-0.1, -0.05) is 6.07 Å². The molecular weight excluding hydrogens is 290 g/mol. The van der Waals surface area contributed by atoms with E-state index in [1.54, 1.807) is 0 Å². The van der Waals surface area contributed by atoms with E-state index in [4.69, 9.17) is 9.47 Å². The number of hydrogen-bond donors (Lipinski definition) is 0. The molecule has 0 radical (unpaired) electrons. The Labute approximate surface area is 139 Å². The number of aryl methyl sites for hydroxylation is 1. The second-order valence-electron chi connectivity index (χ2n) is 6.68. The van der Waals surface area contributed by atoms with Gasteiger partial charge in [0.2, 0.25) is 0 Å². The number of anilines is 1. The van der Waals surface area contributed by atoms with Gasteiger partial charge >= 0.3 is 0 Å². The van der Waals surface area contributed by atoms with E-state index in [-0.39, 0.29) is 0 Å². The number of ether oxygens (including phenoxy) is 2. The third-order valence-corrected chi connectivity index (χ3v) is 4.81. The Bertz CT molecular complexity index is 491. The average Bonchev–Trinajstić information content (AvgIpc) is 3.06. The number of hydrogen-bond acceptors (Lipinski definition) is 5. The first-order valence-electron chi connectivity index (χ1n) is 8.84. The first-order valence-corrected chi connectivity index (χ1v) is 8.84. The van der Waals surface area contributed by atoms with Crippen molar-refractivity contribution >= 4 is 5.82 Å². The summed E-state index contributed by atoms with van der Waals surface area (Å²) in [4.78, 5) is 9.55. The molecule has 0 bridgehead atoms. The molecule has 128 valence electrons. The average molecular weight is 319 g/mol. The van der Waals surface area contributed by atoms with E-state index in [1.165, 1.54) is 6.42 Å². The van der Waals surface area contributed by atoms with Crippen molar-refractivity contribution in [2.75, 3.05) is 50.9 Å². The van der Waals surface area contributed by atoms with E-state index < -0.39 is 0 Å². The van der Waals surface area contributed by atoms with Gasteiger partial charge in [-0.3, -0.25) is 4.90 Å². The van der Waals surface area contributed by atoms with Crippen LogP contribution in [0.4, 0.5) is 5.82 Å². The largest absolute Gasteiger partial charge is 0.377 e. The second-order valence-corrected chi connectivity index (χ2v) is 6.68. The van der Waals surface area contributed by atoms with Crippen molar-refractivity contribution in [2.45, 2.75) is 38.8 Å². The molecular formula is C18H29N3O2. The van der Waals surface area contributed by atoms with Crippen molar-refractivity contribution in [3.63, 3.8) is 0 Å². The summed E-state index contributed by atoms with van der Waals surface area (Å²) in [5.74, 6) is 1.10. The zero-order valence-corrected chi connectivity index (χ0v) is 14.4. The lowest BCUT2D eigenvalue weighted by Crippen LogP contribution is -2.53. The molecule has 2 aliphatic rings. The third-order valence-electron chi connectivity index (χ3n) is 4.81. The Hall–Kier alpha value is -1.17. The molecule has 0 aliphatic carbocycles. The van der Waals surface area contributed by atoms with Crippen LogP contribution in [-0.2, 0) is 9.47 Å². The molecule has 23 heavy (non-hydrogen) atoms. The molecule has 2 saturated heterocycles. The molecule has 1 aromatic rings. The summed E-state index contributed by atoms with van der Waals surface area (Å²) in [5.41, 5.74) is 1.08. The Morgan fingerprint density at radius 3 is 3.00 bits per heavy atom. The van der Waals surface area contributed by atoms with Crippen LogP contribution < -0.4 is 4.90 Å². The lowest BCUT2D eigenvalue weighted by atomic mass is 10.2. The van der Waals surface area contributed by atoms with Gasteiger partial charge in [0.1, 0.15) is 5.82 Å². The molecule has 0 saturated carbocycles. The molecule has 3 heterocycles. The summed E-state index contributed by atoms with van der Waals surface area (Å²) in [6, 6.07) is 6.78. The number of rotatable bonds is 6. The molecule has 0 spiro atoms. The molecule has 0 aromatic carbocycles. The van der Waals surface area contributed by atoms with E-state index in [0.717, 1.165) is 63.9 Å². The highest BCUT2D eigenvalue weighted by molar-refractivity contribution is 5.40. The Balaban J connectivity index is 1.40. The normalized spacial score (nSPS) is 25.9. The van der Waals surface area contributed by atoms with Crippen LogP contribution in [0.3, 0.4) is 0 Å². The van der Waals surface area contributed by atoms with Crippen LogP contribution in [0.2, 0.25) is 0 Å². The van der Waals surface area contributed by atoms with Crippen molar-refractivity contribution in [2.24, 2.45) is 0 Å². The van der Waals surface area contributed by atoms with Crippen LogP contribution in [0.15, 0.2) is 18.2 Å². The maximum Gasteiger partial charge on any atom is 0.128 e. The van der Waals surface area contributed by atoms with Crippen LogP contribution in [0, 0.1) is 6.92 Å². The van der Waals surface area contributed by atoms with Gasteiger partial charge in [-0.2, -0.15) is 0 Å². The molecule has 3 rings (SSSR count). The van der Waals surface area contributed by atoms with Crippen molar-refractivity contribution < 1.29 is 9.47 Å². The standard InChI is InChI=1S/C18H29N3O2/c1-15-5-3-7-18(19-15)21-9-8-20(16(2)13-21)10-12-22-14-17-6-4-11-23-17/h3,5,7,16-17H,4,6,8-14H2,1-2H3. The summed E-state index contributed by atoms with van der Waals surface area (Å²) in [6.07, 6.45) is 2.66. The Kier molecular flexibility index (Phi) is 5.86. The molecule has 5 heteroatoms. The van der Waals surface area contributed by atoms with Crippen LogP contribution in [-0.4, -0.2) is 68.0 Å². The number of aromatic nitrogens is 1. The Morgan fingerprint density at radius 2 is 2.26 bits per heavy atom. The smallest absolute Gasteiger partial charge is 0.128 e. The predicted octanol–water partition coefficient (Wildman–Crippen LogP) is 2.10. The van der Waals surface area contributed by atoms with Gasteiger partial charge in [0.05, 0.1) is 19.3 Å². The fourth-order valence-corrected chi connectivity index (χ4v) is 3.41. The molecule has 2 fully saturated rings. The first-order chi connectivity index (χ1) is 11.2. The fourth-order valence-electron chi connectivity index (χ4n) is 3.41. The Morgan fingerprint density at radius 1 is 1.35 bits per heavy atom. The molecule has 2 unspecified atom stereocenters. The van der Waals surface area contributed by atoms with Crippen molar-refractivity contribution in [3.05, 3.63) is 23.9 Å². The second kappa shape index (κ2) is 8.08. The molecule has 0 amide bonds. The topological polar surface area (TPSA) is 37.8 Å². The monoisotopic (exact) mass is 319 g/mol. The summed E-state index contributed by atoms with van der Waals surface area (Å²) >= 11 is 0. The minimum Gasteiger partial charge on any atom is -0.377 e. The molecule has 1 aromatic heterocycles. The molecule has 0 N–H and O–H groups in total. The van der Waals surface area contributed by atoms with E-state index in [0.29, 0.717) is 12.1 Å². The van der Waals surface area contributed by atoms with Gasteiger partial charge in [0, 0.05) is 44.5 Å². The van der Waals surface area contributed by atoms with Gasteiger partial charge in [0.25, 0.3) is 0 Å². The lowest BCUT2D eigenvalue weighted by Gasteiger charge is -2.40. The van der Waals surface area contributed by atoms with Crippen LogP contribution >= 0.6 is 0 Å².